The lowest BCUT2D eigenvalue weighted by molar-refractivity contribution is -0.142. The van der Waals surface area contributed by atoms with Crippen molar-refractivity contribution in [3.05, 3.63) is 42.5 Å². The summed E-state index contributed by atoms with van der Waals surface area (Å²) in [6.07, 6.45) is 5.43. The summed E-state index contributed by atoms with van der Waals surface area (Å²) in [5.41, 5.74) is 0.655. The first kappa shape index (κ1) is 15.9. The average molecular weight is 339 g/mol. The number of allylic oxidation sites excluding steroid dienone is 2. The van der Waals surface area contributed by atoms with Crippen molar-refractivity contribution in [2.24, 2.45) is 23.7 Å². The number of anilines is 1. The van der Waals surface area contributed by atoms with Gasteiger partial charge in [0.1, 0.15) is 6.17 Å². The van der Waals surface area contributed by atoms with Crippen molar-refractivity contribution in [3.63, 3.8) is 0 Å². The van der Waals surface area contributed by atoms with Crippen LogP contribution in [0.3, 0.4) is 0 Å². The van der Waals surface area contributed by atoms with E-state index in [1.807, 2.05) is 18.2 Å². The van der Waals surface area contributed by atoms with Crippen LogP contribution in [-0.4, -0.2) is 28.9 Å². The Morgan fingerprint density at radius 1 is 1.04 bits per heavy atom. The fourth-order valence-electron chi connectivity index (χ4n) is 4.42. The number of fused-ring (bicyclic) bond motifs is 1. The molecule has 4 aliphatic rings. The number of carbonyl (C=O) groups excluding carboxylic acids is 3. The lowest BCUT2D eigenvalue weighted by Crippen LogP contribution is -2.50. The highest BCUT2D eigenvalue weighted by molar-refractivity contribution is 6.06. The number of benzene rings is 1. The molecule has 5 rings (SSSR count). The maximum Gasteiger partial charge on any atom is 0.320 e. The van der Waals surface area contributed by atoms with Gasteiger partial charge in [-0.2, -0.15) is 0 Å². The molecule has 130 valence electrons. The molecule has 0 unspecified atom stereocenters. The van der Waals surface area contributed by atoms with E-state index in [0.29, 0.717) is 5.69 Å². The van der Waals surface area contributed by atoms with Gasteiger partial charge in [0, 0.05) is 5.69 Å². The Balaban J connectivity index is 1.46. The molecule has 0 spiro atoms. The zero-order valence-corrected chi connectivity index (χ0v) is 14.0. The fraction of sp³-hybridized carbons (Fsp3) is 0.421. The van der Waals surface area contributed by atoms with Crippen molar-refractivity contribution < 1.29 is 14.4 Å². The molecule has 3 aliphatic carbocycles. The summed E-state index contributed by atoms with van der Waals surface area (Å²) in [5.74, 6) is -0.498. The van der Waals surface area contributed by atoms with E-state index in [2.05, 4.69) is 22.8 Å². The molecule has 1 saturated carbocycles. The van der Waals surface area contributed by atoms with Gasteiger partial charge in [0.2, 0.25) is 11.8 Å². The van der Waals surface area contributed by atoms with Crippen LogP contribution >= 0.6 is 0 Å². The van der Waals surface area contributed by atoms with Crippen molar-refractivity contribution >= 4 is 23.5 Å². The van der Waals surface area contributed by atoms with Gasteiger partial charge >= 0.3 is 6.03 Å². The number of nitrogens with zero attached hydrogens (tertiary/aromatic N) is 1. The molecule has 4 amide bonds. The highest BCUT2D eigenvalue weighted by Crippen LogP contribution is 2.49. The highest BCUT2D eigenvalue weighted by atomic mass is 16.2. The van der Waals surface area contributed by atoms with Crippen LogP contribution in [0.25, 0.3) is 0 Å². The van der Waals surface area contributed by atoms with Crippen LogP contribution in [0.4, 0.5) is 10.5 Å². The fourth-order valence-corrected chi connectivity index (χ4v) is 4.42. The van der Waals surface area contributed by atoms with E-state index in [9.17, 15) is 14.4 Å². The molecule has 1 aromatic carbocycles. The highest BCUT2D eigenvalue weighted by Gasteiger charge is 2.57. The lowest BCUT2D eigenvalue weighted by atomic mass is 9.63. The first-order valence-electron chi connectivity index (χ1n) is 8.74. The number of nitrogens with one attached hydrogen (secondary N) is 2. The monoisotopic (exact) mass is 339 g/mol. The number of hydrogen-bond acceptors (Lipinski definition) is 3. The van der Waals surface area contributed by atoms with Gasteiger partial charge in [-0.3, -0.25) is 14.5 Å². The second-order valence-corrected chi connectivity index (χ2v) is 7.03. The van der Waals surface area contributed by atoms with Gasteiger partial charge in [0.05, 0.1) is 11.8 Å². The van der Waals surface area contributed by atoms with E-state index in [1.165, 1.54) is 4.90 Å². The number of hydrogen-bond donors (Lipinski definition) is 2. The molecule has 0 aromatic heterocycles. The van der Waals surface area contributed by atoms with Gasteiger partial charge in [-0.1, -0.05) is 30.4 Å². The van der Waals surface area contributed by atoms with Gasteiger partial charge in [0.25, 0.3) is 0 Å². The molecule has 1 heterocycles. The van der Waals surface area contributed by atoms with E-state index < -0.39 is 12.2 Å². The number of para-hydroxylation sites is 1. The smallest absolute Gasteiger partial charge is 0.317 e. The number of rotatable bonds is 3. The Morgan fingerprint density at radius 2 is 1.60 bits per heavy atom. The summed E-state index contributed by atoms with van der Waals surface area (Å²) >= 11 is 0. The predicted molar refractivity (Wildman–Crippen MR) is 92.2 cm³/mol. The Bertz CT molecular complexity index is 714. The molecule has 1 aromatic rings. The Hall–Kier alpha value is -2.63. The van der Waals surface area contributed by atoms with Gasteiger partial charge in [-0.05, 0) is 43.7 Å². The summed E-state index contributed by atoms with van der Waals surface area (Å²) < 4.78 is 0. The Labute approximate surface area is 146 Å². The third-order valence-corrected chi connectivity index (χ3v) is 5.55. The zero-order valence-electron chi connectivity index (χ0n) is 14.0. The molecule has 6 heteroatoms. The quantitative estimate of drug-likeness (QED) is 0.655. The summed E-state index contributed by atoms with van der Waals surface area (Å²) in [5, 5.41) is 5.41. The SMILES string of the molecule is C[C@H](NC(=O)Nc1ccccc1)N1C(=O)[C@H]2[C@H](C1=O)[C@H]1C=C[C@H]2CC1. The van der Waals surface area contributed by atoms with E-state index in [-0.39, 0.29) is 35.5 Å². The maximum absolute atomic E-state index is 12.8. The average Bonchev–Trinajstić information content (AvgIpc) is 2.90. The molecule has 2 N–H and O–H groups in total. The van der Waals surface area contributed by atoms with Crippen LogP contribution < -0.4 is 10.6 Å². The number of likely N-dealkylation sites (tertiary alicyclic amines) is 1. The van der Waals surface area contributed by atoms with Crippen molar-refractivity contribution in [2.45, 2.75) is 25.9 Å². The summed E-state index contributed by atoms with van der Waals surface area (Å²) in [4.78, 5) is 39.1. The summed E-state index contributed by atoms with van der Waals surface area (Å²) in [7, 11) is 0. The van der Waals surface area contributed by atoms with Crippen molar-refractivity contribution in [3.8, 4) is 0 Å². The van der Waals surface area contributed by atoms with Gasteiger partial charge < -0.3 is 10.6 Å². The summed E-state index contributed by atoms with van der Waals surface area (Å²) in [6.45, 7) is 1.67. The third-order valence-electron chi connectivity index (χ3n) is 5.55. The van der Waals surface area contributed by atoms with Crippen LogP contribution in [0.2, 0.25) is 0 Å². The Morgan fingerprint density at radius 3 is 2.12 bits per heavy atom. The van der Waals surface area contributed by atoms with Crippen LogP contribution in [0.1, 0.15) is 19.8 Å². The maximum atomic E-state index is 12.8. The first-order chi connectivity index (χ1) is 12.1. The first-order valence-corrected chi connectivity index (χ1v) is 8.74. The zero-order chi connectivity index (χ0) is 17.6. The van der Waals surface area contributed by atoms with Crippen LogP contribution in [0.15, 0.2) is 42.5 Å². The summed E-state index contributed by atoms with van der Waals surface area (Å²) in [6, 6.07) is 8.61. The normalized spacial score (nSPS) is 31.0. The van der Waals surface area contributed by atoms with Crippen molar-refractivity contribution in [2.75, 3.05) is 5.32 Å². The predicted octanol–water partition coefficient (Wildman–Crippen LogP) is 2.35. The molecular formula is C19H21N3O3. The minimum Gasteiger partial charge on any atom is -0.317 e. The van der Waals surface area contributed by atoms with Crippen molar-refractivity contribution in [1.82, 2.24) is 10.2 Å². The van der Waals surface area contributed by atoms with E-state index in [0.717, 1.165) is 12.8 Å². The molecule has 6 nitrogen and oxygen atoms in total. The van der Waals surface area contributed by atoms with E-state index >= 15 is 0 Å². The van der Waals surface area contributed by atoms with Crippen LogP contribution in [0.5, 0.6) is 0 Å². The molecule has 0 radical (unpaired) electrons. The second-order valence-electron chi connectivity index (χ2n) is 7.03. The van der Waals surface area contributed by atoms with Crippen molar-refractivity contribution in [1.29, 1.82) is 0 Å². The third kappa shape index (κ3) is 2.62. The largest absolute Gasteiger partial charge is 0.320 e. The molecule has 5 atom stereocenters. The lowest BCUT2D eigenvalue weighted by Gasteiger charge is -2.38. The topological polar surface area (TPSA) is 78.5 Å². The molecule has 25 heavy (non-hydrogen) atoms. The molecule has 1 saturated heterocycles. The van der Waals surface area contributed by atoms with Crippen LogP contribution in [0, 0.1) is 23.7 Å². The number of urea groups is 1. The number of imide groups is 1. The van der Waals surface area contributed by atoms with Crippen LogP contribution in [-0.2, 0) is 9.59 Å². The molecule has 2 bridgehead atoms. The number of carbonyl (C=O) groups is 3. The Kier molecular flexibility index (Phi) is 3.82. The molecule has 2 fully saturated rings. The second kappa shape index (κ2) is 6.02. The minimum atomic E-state index is -0.672. The van der Waals surface area contributed by atoms with E-state index in [4.69, 9.17) is 0 Å². The van der Waals surface area contributed by atoms with Gasteiger partial charge in [-0.15, -0.1) is 0 Å². The standard InChI is InChI=1S/C19H21N3O3/c1-11(20-19(25)21-14-5-3-2-4-6-14)22-17(23)15-12-7-8-13(10-9-12)16(15)18(22)24/h2-8,11-13,15-16H,9-10H2,1H3,(H2,20,21,25)/t11-,12+,13+,15-,16-/m1/s1. The molecule has 1 aliphatic heterocycles. The molecular weight excluding hydrogens is 318 g/mol. The minimum absolute atomic E-state index is 0.151. The van der Waals surface area contributed by atoms with Gasteiger partial charge in [-0.25, -0.2) is 4.79 Å². The van der Waals surface area contributed by atoms with Gasteiger partial charge in [0.15, 0.2) is 0 Å². The van der Waals surface area contributed by atoms with E-state index in [1.54, 1.807) is 19.1 Å². The number of amides is 4.